The van der Waals surface area contributed by atoms with Crippen molar-refractivity contribution < 1.29 is 13.2 Å². The molecule has 0 aromatic carbocycles. The molecule has 0 atom stereocenters. The molecule has 1 aromatic heterocycles. The van der Waals surface area contributed by atoms with Gasteiger partial charge in [-0.1, -0.05) is 13.8 Å². The van der Waals surface area contributed by atoms with Crippen molar-refractivity contribution in [1.29, 1.82) is 0 Å². The van der Waals surface area contributed by atoms with Crippen molar-refractivity contribution in [2.24, 2.45) is 5.92 Å². The lowest BCUT2D eigenvalue weighted by molar-refractivity contribution is -0.134. The maximum Gasteiger partial charge on any atom is 0.389 e. The van der Waals surface area contributed by atoms with Gasteiger partial charge in [-0.15, -0.1) is 0 Å². The number of hydrogen-bond acceptors (Lipinski definition) is 3. The van der Waals surface area contributed by atoms with Crippen molar-refractivity contribution in [3.63, 3.8) is 0 Å². The minimum atomic E-state index is -4.16. The van der Waals surface area contributed by atoms with Gasteiger partial charge in [-0.05, 0) is 26.3 Å². The third kappa shape index (κ3) is 5.86. The number of alkyl halides is 3. The first kappa shape index (κ1) is 16.9. The second-order valence-corrected chi connectivity index (χ2v) is 5.43. The molecule has 0 bridgehead atoms. The molecule has 0 saturated carbocycles. The summed E-state index contributed by atoms with van der Waals surface area (Å²) in [6.45, 7) is 9.40. The summed E-state index contributed by atoms with van der Waals surface area (Å²) in [5, 5.41) is 3.30. The zero-order valence-electron chi connectivity index (χ0n) is 12.4. The van der Waals surface area contributed by atoms with Crippen LogP contribution in [0.4, 0.5) is 13.2 Å². The molecule has 0 saturated heterocycles. The van der Waals surface area contributed by atoms with E-state index in [1.807, 2.05) is 13.8 Å². The van der Waals surface area contributed by atoms with Crippen LogP contribution in [0.15, 0.2) is 0 Å². The molecule has 20 heavy (non-hydrogen) atoms. The smallest absolute Gasteiger partial charge is 0.312 e. The highest BCUT2D eigenvalue weighted by molar-refractivity contribution is 5.24. The van der Waals surface area contributed by atoms with Crippen molar-refractivity contribution in [3.8, 4) is 0 Å². The van der Waals surface area contributed by atoms with Gasteiger partial charge in [0.1, 0.15) is 5.82 Å². The van der Waals surface area contributed by atoms with E-state index in [0.29, 0.717) is 12.5 Å². The zero-order chi connectivity index (χ0) is 15.3. The molecular formula is C14H22F3N3. The van der Waals surface area contributed by atoms with Crippen molar-refractivity contribution in [2.45, 2.75) is 53.3 Å². The molecule has 0 aliphatic rings. The molecule has 0 spiro atoms. The fraction of sp³-hybridized carbons (Fsp3) is 0.714. The predicted octanol–water partition coefficient (Wildman–Crippen LogP) is 3.33. The largest absolute Gasteiger partial charge is 0.389 e. The summed E-state index contributed by atoms with van der Waals surface area (Å²) in [6.07, 6.45) is -5.20. The number of aromatic nitrogens is 2. The standard InChI is InChI=1S/C14H22F3N3/c1-9(2)7-18-8-12-10(3)19-13(20-11(12)4)5-6-14(15,16)17/h9,18H,5-8H2,1-4H3. The molecule has 6 heteroatoms. The lowest BCUT2D eigenvalue weighted by Gasteiger charge is -2.13. The highest BCUT2D eigenvalue weighted by atomic mass is 19.4. The van der Waals surface area contributed by atoms with Gasteiger partial charge < -0.3 is 5.32 Å². The molecule has 0 radical (unpaired) electrons. The van der Waals surface area contributed by atoms with Crippen LogP contribution in [0.2, 0.25) is 0 Å². The van der Waals surface area contributed by atoms with Gasteiger partial charge in [-0.2, -0.15) is 13.2 Å². The first-order valence-electron chi connectivity index (χ1n) is 6.79. The molecule has 0 unspecified atom stereocenters. The summed E-state index contributed by atoms with van der Waals surface area (Å²) < 4.78 is 36.6. The van der Waals surface area contributed by atoms with E-state index in [-0.39, 0.29) is 12.2 Å². The number of halogens is 3. The molecule has 1 rings (SSSR count). The molecule has 0 amide bonds. The van der Waals surface area contributed by atoms with Crippen molar-refractivity contribution in [3.05, 3.63) is 22.8 Å². The summed E-state index contributed by atoms with van der Waals surface area (Å²) in [6, 6.07) is 0. The van der Waals surface area contributed by atoms with Crippen LogP contribution in [0.5, 0.6) is 0 Å². The van der Waals surface area contributed by atoms with Crippen LogP contribution >= 0.6 is 0 Å². The highest BCUT2D eigenvalue weighted by Crippen LogP contribution is 2.21. The molecule has 0 aliphatic heterocycles. The minimum Gasteiger partial charge on any atom is -0.312 e. The lowest BCUT2D eigenvalue weighted by atomic mass is 10.1. The van der Waals surface area contributed by atoms with E-state index in [0.717, 1.165) is 23.5 Å². The fourth-order valence-electron chi connectivity index (χ4n) is 1.92. The highest BCUT2D eigenvalue weighted by Gasteiger charge is 2.27. The van der Waals surface area contributed by atoms with Crippen LogP contribution in [0.25, 0.3) is 0 Å². The Hall–Kier alpha value is -1.17. The Morgan fingerprint density at radius 2 is 1.65 bits per heavy atom. The van der Waals surface area contributed by atoms with E-state index >= 15 is 0 Å². The minimum absolute atomic E-state index is 0.162. The summed E-state index contributed by atoms with van der Waals surface area (Å²) in [5.74, 6) is 0.813. The molecule has 114 valence electrons. The second kappa shape index (κ2) is 7.02. The maximum atomic E-state index is 12.2. The Morgan fingerprint density at radius 3 is 2.10 bits per heavy atom. The zero-order valence-corrected chi connectivity index (χ0v) is 12.4. The Balaban J connectivity index is 2.71. The van der Waals surface area contributed by atoms with E-state index < -0.39 is 12.6 Å². The average molecular weight is 289 g/mol. The van der Waals surface area contributed by atoms with Gasteiger partial charge in [0, 0.05) is 29.9 Å². The van der Waals surface area contributed by atoms with Crippen LogP contribution in [0.1, 0.15) is 43.0 Å². The Kier molecular flexibility index (Phi) is 5.92. The van der Waals surface area contributed by atoms with E-state index in [1.165, 1.54) is 0 Å². The van der Waals surface area contributed by atoms with Gasteiger partial charge in [0.15, 0.2) is 0 Å². The van der Waals surface area contributed by atoms with E-state index in [1.54, 1.807) is 0 Å². The Labute approximate surface area is 118 Å². The fourth-order valence-corrected chi connectivity index (χ4v) is 1.92. The molecule has 0 aliphatic carbocycles. The average Bonchev–Trinajstić information content (AvgIpc) is 2.29. The summed E-state index contributed by atoms with van der Waals surface area (Å²) in [5.41, 5.74) is 2.48. The van der Waals surface area contributed by atoms with Gasteiger partial charge in [0.25, 0.3) is 0 Å². The third-order valence-corrected chi connectivity index (χ3v) is 2.95. The van der Waals surface area contributed by atoms with E-state index in [2.05, 4.69) is 29.1 Å². The number of nitrogens with one attached hydrogen (secondary N) is 1. The van der Waals surface area contributed by atoms with Crippen LogP contribution in [0, 0.1) is 19.8 Å². The van der Waals surface area contributed by atoms with Crippen LogP contribution < -0.4 is 5.32 Å². The number of rotatable bonds is 6. The third-order valence-electron chi connectivity index (χ3n) is 2.95. The second-order valence-electron chi connectivity index (χ2n) is 5.43. The summed E-state index contributed by atoms with van der Waals surface area (Å²) >= 11 is 0. The molecule has 3 nitrogen and oxygen atoms in total. The van der Waals surface area contributed by atoms with Gasteiger partial charge >= 0.3 is 6.18 Å². The van der Waals surface area contributed by atoms with Crippen molar-refractivity contribution in [1.82, 2.24) is 15.3 Å². The predicted molar refractivity (Wildman–Crippen MR) is 72.4 cm³/mol. The number of aryl methyl sites for hydroxylation is 3. The van der Waals surface area contributed by atoms with Crippen LogP contribution in [-0.2, 0) is 13.0 Å². The lowest BCUT2D eigenvalue weighted by Crippen LogP contribution is -2.21. The monoisotopic (exact) mass is 289 g/mol. The number of hydrogen-bond donors (Lipinski definition) is 1. The molecule has 1 heterocycles. The topological polar surface area (TPSA) is 37.8 Å². The summed E-state index contributed by atoms with van der Waals surface area (Å²) in [4.78, 5) is 8.37. The van der Waals surface area contributed by atoms with Crippen LogP contribution in [-0.4, -0.2) is 22.7 Å². The van der Waals surface area contributed by atoms with Gasteiger partial charge in [-0.25, -0.2) is 9.97 Å². The molecular weight excluding hydrogens is 267 g/mol. The van der Waals surface area contributed by atoms with Crippen molar-refractivity contribution in [2.75, 3.05) is 6.54 Å². The van der Waals surface area contributed by atoms with E-state index in [4.69, 9.17) is 0 Å². The molecule has 1 aromatic rings. The van der Waals surface area contributed by atoms with Crippen molar-refractivity contribution >= 4 is 0 Å². The number of nitrogens with zero attached hydrogens (tertiary/aromatic N) is 2. The Bertz CT molecular complexity index is 419. The van der Waals surface area contributed by atoms with Crippen LogP contribution in [0.3, 0.4) is 0 Å². The first-order valence-corrected chi connectivity index (χ1v) is 6.79. The van der Waals surface area contributed by atoms with E-state index in [9.17, 15) is 13.2 Å². The maximum absolute atomic E-state index is 12.2. The van der Waals surface area contributed by atoms with Gasteiger partial charge in [0.05, 0.1) is 6.42 Å². The summed E-state index contributed by atoms with van der Waals surface area (Å²) in [7, 11) is 0. The Morgan fingerprint density at radius 1 is 1.10 bits per heavy atom. The molecule has 1 N–H and O–H groups in total. The molecule has 0 fully saturated rings. The first-order chi connectivity index (χ1) is 9.19. The SMILES string of the molecule is Cc1nc(CCC(F)(F)F)nc(C)c1CNCC(C)C. The van der Waals surface area contributed by atoms with Gasteiger partial charge in [0.2, 0.25) is 0 Å². The van der Waals surface area contributed by atoms with Gasteiger partial charge in [-0.3, -0.25) is 0 Å². The quantitative estimate of drug-likeness (QED) is 0.873. The normalized spacial score (nSPS) is 12.2.